The van der Waals surface area contributed by atoms with Gasteiger partial charge in [-0.15, -0.1) is 0 Å². The fourth-order valence-electron chi connectivity index (χ4n) is 5.95. The number of carbonyl (C=O) groups excluding carboxylic acids is 1. The van der Waals surface area contributed by atoms with Gasteiger partial charge in [-0.25, -0.2) is 0 Å². The van der Waals surface area contributed by atoms with Crippen molar-refractivity contribution in [3.05, 3.63) is 36.5 Å². The predicted octanol–water partition coefficient (Wildman–Crippen LogP) is 12.2. The van der Waals surface area contributed by atoms with Crippen LogP contribution in [0.5, 0.6) is 0 Å². The number of hydrogen-bond donors (Lipinski definition) is 3. The standard InChI is InChI=1S/C42H79NO3/c1-3-5-7-9-11-13-15-17-18-19-20-21-22-23-24-25-26-28-30-32-34-36-38-42(46)43-40(39-44)41(45)37-35-33-31-29-27-16-14-12-10-8-6-4-2/h22-23,27,29,35,37,40-41,44-45H,3-21,24-26,28,30-34,36,38-39H2,1-2H3,(H,43,46)/b23-22-,29-27+,37-35+. The quantitative estimate of drug-likeness (QED) is 0.0469. The van der Waals surface area contributed by atoms with Gasteiger partial charge in [0.2, 0.25) is 5.91 Å². The van der Waals surface area contributed by atoms with Crippen LogP contribution >= 0.6 is 0 Å². The maximum Gasteiger partial charge on any atom is 0.220 e. The summed E-state index contributed by atoms with van der Waals surface area (Å²) in [4.78, 5) is 12.3. The molecule has 0 heterocycles. The summed E-state index contributed by atoms with van der Waals surface area (Å²) in [7, 11) is 0. The fourth-order valence-corrected chi connectivity index (χ4v) is 5.95. The minimum Gasteiger partial charge on any atom is -0.394 e. The van der Waals surface area contributed by atoms with Crippen LogP contribution in [0.1, 0.15) is 206 Å². The second-order valence-corrected chi connectivity index (χ2v) is 13.7. The van der Waals surface area contributed by atoms with Crippen molar-refractivity contribution in [2.24, 2.45) is 0 Å². The van der Waals surface area contributed by atoms with Gasteiger partial charge in [-0.1, -0.05) is 179 Å². The van der Waals surface area contributed by atoms with Crippen LogP contribution < -0.4 is 5.32 Å². The van der Waals surface area contributed by atoms with Gasteiger partial charge < -0.3 is 15.5 Å². The van der Waals surface area contributed by atoms with Crippen LogP contribution in [-0.2, 0) is 4.79 Å². The summed E-state index contributed by atoms with van der Waals surface area (Å²) in [5.74, 6) is -0.0796. The first-order chi connectivity index (χ1) is 22.7. The fraction of sp³-hybridized carbons (Fsp3) is 0.833. The van der Waals surface area contributed by atoms with Crippen molar-refractivity contribution in [3.63, 3.8) is 0 Å². The van der Waals surface area contributed by atoms with Gasteiger partial charge in [-0.2, -0.15) is 0 Å². The molecule has 0 aromatic carbocycles. The number of hydrogen-bond acceptors (Lipinski definition) is 3. The summed E-state index contributed by atoms with van der Waals surface area (Å²) in [6.45, 7) is 4.28. The Morgan fingerprint density at radius 1 is 0.500 bits per heavy atom. The molecule has 0 aliphatic rings. The lowest BCUT2D eigenvalue weighted by Gasteiger charge is -2.19. The Balaban J connectivity index is 3.59. The van der Waals surface area contributed by atoms with Crippen LogP contribution in [0.4, 0.5) is 0 Å². The molecule has 0 rings (SSSR count). The summed E-state index contributed by atoms with van der Waals surface area (Å²) >= 11 is 0. The molecule has 0 radical (unpaired) electrons. The zero-order valence-corrected chi connectivity index (χ0v) is 30.8. The van der Waals surface area contributed by atoms with Crippen molar-refractivity contribution < 1.29 is 15.0 Å². The lowest BCUT2D eigenvalue weighted by molar-refractivity contribution is -0.123. The molecule has 0 fully saturated rings. The van der Waals surface area contributed by atoms with E-state index in [1.165, 1.54) is 154 Å². The molecule has 0 spiro atoms. The average molecular weight is 646 g/mol. The number of rotatable bonds is 36. The Labute approximate surface area is 287 Å². The van der Waals surface area contributed by atoms with Gasteiger partial charge in [0.1, 0.15) is 0 Å². The number of carbonyl (C=O) groups is 1. The Kier molecular flexibility index (Phi) is 36.9. The third-order valence-electron chi connectivity index (χ3n) is 9.10. The molecule has 1 amide bonds. The van der Waals surface area contributed by atoms with Gasteiger partial charge >= 0.3 is 0 Å². The molecule has 0 saturated carbocycles. The largest absolute Gasteiger partial charge is 0.394 e. The van der Waals surface area contributed by atoms with Gasteiger partial charge in [0.15, 0.2) is 0 Å². The molecule has 4 nitrogen and oxygen atoms in total. The molecule has 3 N–H and O–H groups in total. The molecule has 46 heavy (non-hydrogen) atoms. The lowest BCUT2D eigenvalue weighted by Crippen LogP contribution is -2.45. The molecule has 2 unspecified atom stereocenters. The summed E-state index contributed by atoms with van der Waals surface area (Å²) < 4.78 is 0. The van der Waals surface area contributed by atoms with E-state index < -0.39 is 12.1 Å². The van der Waals surface area contributed by atoms with E-state index in [0.29, 0.717) is 6.42 Å². The van der Waals surface area contributed by atoms with Gasteiger partial charge in [0.05, 0.1) is 18.8 Å². The smallest absolute Gasteiger partial charge is 0.220 e. The van der Waals surface area contributed by atoms with Gasteiger partial charge in [-0.3, -0.25) is 4.79 Å². The summed E-state index contributed by atoms with van der Waals surface area (Å²) in [6.07, 6.45) is 49.6. The highest BCUT2D eigenvalue weighted by Gasteiger charge is 2.17. The van der Waals surface area contributed by atoms with E-state index >= 15 is 0 Å². The van der Waals surface area contributed by atoms with Gasteiger partial charge in [0.25, 0.3) is 0 Å². The van der Waals surface area contributed by atoms with Crippen molar-refractivity contribution >= 4 is 5.91 Å². The van der Waals surface area contributed by atoms with Crippen molar-refractivity contribution in [2.75, 3.05) is 6.61 Å². The zero-order chi connectivity index (χ0) is 33.6. The number of aliphatic hydroxyl groups excluding tert-OH is 2. The number of allylic oxidation sites excluding steroid dienone is 5. The van der Waals surface area contributed by atoms with Crippen LogP contribution in [0.15, 0.2) is 36.5 Å². The van der Waals surface area contributed by atoms with Gasteiger partial charge in [-0.05, 0) is 57.8 Å². The highest BCUT2D eigenvalue weighted by atomic mass is 16.3. The molecular formula is C42H79NO3. The molecule has 0 saturated heterocycles. The molecule has 2 atom stereocenters. The topological polar surface area (TPSA) is 69.6 Å². The molecule has 0 aromatic heterocycles. The van der Waals surface area contributed by atoms with Gasteiger partial charge in [0, 0.05) is 6.42 Å². The second-order valence-electron chi connectivity index (χ2n) is 13.7. The van der Waals surface area contributed by atoms with Crippen molar-refractivity contribution in [2.45, 2.75) is 219 Å². The predicted molar refractivity (Wildman–Crippen MR) is 202 cm³/mol. The summed E-state index contributed by atoms with van der Waals surface area (Å²) in [5, 5.41) is 22.9. The van der Waals surface area contributed by atoms with E-state index in [9.17, 15) is 15.0 Å². The minimum atomic E-state index is -0.861. The molecule has 0 aliphatic heterocycles. The molecule has 4 heteroatoms. The van der Waals surface area contributed by atoms with Crippen molar-refractivity contribution in [1.82, 2.24) is 5.32 Å². The van der Waals surface area contributed by atoms with Crippen LogP contribution in [0.3, 0.4) is 0 Å². The van der Waals surface area contributed by atoms with Crippen molar-refractivity contribution in [3.8, 4) is 0 Å². The molecular weight excluding hydrogens is 566 g/mol. The van der Waals surface area contributed by atoms with E-state index in [2.05, 4.69) is 43.5 Å². The number of nitrogens with one attached hydrogen (secondary N) is 1. The Morgan fingerprint density at radius 3 is 1.26 bits per heavy atom. The first kappa shape index (κ1) is 44.6. The summed E-state index contributed by atoms with van der Waals surface area (Å²) in [5.41, 5.74) is 0. The first-order valence-corrected chi connectivity index (χ1v) is 20.2. The molecule has 0 aliphatic carbocycles. The van der Waals surface area contributed by atoms with Crippen molar-refractivity contribution in [1.29, 1.82) is 0 Å². The zero-order valence-electron chi connectivity index (χ0n) is 30.8. The summed E-state index contributed by atoms with van der Waals surface area (Å²) in [6, 6.07) is -0.638. The molecule has 0 bridgehead atoms. The van der Waals surface area contributed by atoms with E-state index in [1.807, 2.05) is 6.08 Å². The Bertz CT molecular complexity index is 701. The molecule has 0 aromatic rings. The first-order valence-electron chi connectivity index (χ1n) is 20.2. The SMILES string of the molecule is CCCCCCCC/C=C/CC/C=C/C(O)C(CO)NC(=O)CCCCCCCCC/C=C\CCCCCCCCCCCCC. The minimum absolute atomic E-state index is 0.0796. The van der Waals surface area contributed by atoms with Crippen LogP contribution in [0.2, 0.25) is 0 Å². The van der Waals surface area contributed by atoms with E-state index in [0.717, 1.165) is 32.1 Å². The van der Waals surface area contributed by atoms with E-state index in [1.54, 1.807) is 6.08 Å². The number of unbranched alkanes of at least 4 members (excludes halogenated alkanes) is 25. The number of aliphatic hydroxyl groups is 2. The number of amides is 1. The maximum absolute atomic E-state index is 12.3. The monoisotopic (exact) mass is 646 g/mol. The van der Waals surface area contributed by atoms with E-state index in [4.69, 9.17) is 0 Å². The average Bonchev–Trinajstić information content (AvgIpc) is 3.06. The Hall–Kier alpha value is -1.39. The Morgan fingerprint density at radius 2 is 0.848 bits per heavy atom. The van der Waals surface area contributed by atoms with Crippen LogP contribution in [0, 0.1) is 0 Å². The lowest BCUT2D eigenvalue weighted by atomic mass is 10.0. The second kappa shape index (κ2) is 38.1. The maximum atomic E-state index is 12.3. The normalized spacial score (nSPS) is 13.4. The van der Waals surface area contributed by atoms with Crippen LogP contribution in [0.25, 0.3) is 0 Å². The van der Waals surface area contributed by atoms with Crippen LogP contribution in [-0.4, -0.2) is 34.9 Å². The van der Waals surface area contributed by atoms with E-state index in [-0.39, 0.29) is 12.5 Å². The third-order valence-corrected chi connectivity index (χ3v) is 9.10. The highest BCUT2D eigenvalue weighted by Crippen LogP contribution is 2.14. The third kappa shape index (κ3) is 34.0. The molecule has 270 valence electrons. The highest BCUT2D eigenvalue weighted by molar-refractivity contribution is 5.76.